The summed E-state index contributed by atoms with van der Waals surface area (Å²) in [4.78, 5) is 32.3. The van der Waals surface area contributed by atoms with Crippen molar-refractivity contribution in [3.05, 3.63) is 23.8 Å². The first-order chi connectivity index (χ1) is 7.51. The zero-order chi connectivity index (χ0) is 12.6. The van der Waals surface area contributed by atoms with E-state index in [4.69, 9.17) is 5.11 Å². The summed E-state index contributed by atoms with van der Waals surface area (Å²) in [5, 5.41) is 8.33. The summed E-state index contributed by atoms with van der Waals surface area (Å²) in [6, 6.07) is 0. The predicted octanol–water partition coefficient (Wildman–Crippen LogP) is 0.290. The number of hydrogen-bond acceptors (Lipinski definition) is 5. The lowest BCUT2D eigenvalue weighted by atomic mass is 10.1. The van der Waals surface area contributed by atoms with Crippen LogP contribution in [0.25, 0.3) is 0 Å². The van der Waals surface area contributed by atoms with E-state index in [0.717, 1.165) is 19.3 Å². The highest BCUT2D eigenvalue weighted by atomic mass is 16.5. The molecule has 16 heavy (non-hydrogen) atoms. The molecule has 0 saturated heterocycles. The number of carboxylic acids is 1. The number of ether oxygens (including phenoxy) is 2. The van der Waals surface area contributed by atoms with Crippen molar-refractivity contribution in [2.24, 2.45) is 0 Å². The molecule has 0 saturated carbocycles. The minimum absolute atomic E-state index is 0.0202. The molecule has 0 amide bonds. The first-order valence-electron chi connectivity index (χ1n) is 4.26. The van der Waals surface area contributed by atoms with E-state index in [1.807, 2.05) is 0 Å². The number of allylic oxidation sites excluding steroid dienone is 2. The standard InChI is InChI=1S/C10H12O6/c1-15-9(13)6-7(10(14)16-2)4-3-5-8(11)12/h3-5H,6H2,1-2H3,(H,11,12). The number of carbonyl (C=O) groups is 3. The molecule has 88 valence electrons. The Hall–Kier alpha value is -2.11. The zero-order valence-corrected chi connectivity index (χ0v) is 8.93. The molecule has 1 N–H and O–H groups in total. The van der Waals surface area contributed by atoms with Crippen LogP contribution in [0.4, 0.5) is 0 Å². The second-order valence-electron chi connectivity index (χ2n) is 2.63. The van der Waals surface area contributed by atoms with Crippen molar-refractivity contribution in [2.75, 3.05) is 14.2 Å². The Labute approximate surface area is 92.2 Å². The number of esters is 2. The average Bonchev–Trinajstić information content (AvgIpc) is 2.25. The SMILES string of the molecule is COC(=O)CC(=CC=CC(=O)O)C(=O)OC. The maximum absolute atomic E-state index is 11.2. The van der Waals surface area contributed by atoms with Gasteiger partial charge in [-0.1, -0.05) is 12.2 Å². The van der Waals surface area contributed by atoms with E-state index in [0.29, 0.717) is 0 Å². The second-order valence-corrected chi connectivity index (χ2v) is 2.63. The van der Waals surface area contributed by atoms with E-state index in [-0.39, 0.29) is 12.0 Å². The summed E-state index contributed by atoms with van der Waals surface area (Å²) in [7, 11) is 2.35. The van der Waals surface area contributed by atoms with Crippen LogP contribution in [0.1, 0.15) is 6.42 Å². The number of carbonyl (C=O) groups excluding carboxylic acids is 2. The molecule has 0 heterocycles. The van der Waals surface area contributed by atoms with Crippen LogP contribution in [0, 0.1) is 0 Å². The molecular weight excluding hydrogens is 216 g/mol. The third-order valence-electron chi connectivity index (χ3n) is 1.55. The Kier molecular flexibility index (Phi) is 6.27. The molecule has 0 aliphatic heterocycles. The fourth-order valence-corrected chi connectivity index (χ4v) is 0.804. The second kappa shape index (κ2) is 7.22. The van der Waals surface area contributed by atoms with Gasteiger partial charge in [0.15, 0.2) is 0 Å². The number of carboxylic acid groups (broad SMARTS) is 1. The molecule has 6 nitrogen and oxygen atoms in total. The van der Waals surface area contributed by atoms with Crippen LogP contribution in [0.5, 0.6) is 0 Å². The van der Waals surface area contributed by atoms with Crippen molar-refractivity contribution < 1.29 is 29.0 Å². The van der Waals surface area contributed by atoms with Crippen LogP contribution < -0.4 is 0 Å². The van der Waals surface area contributed by atoms with Crippen LogP contribution in [-0.2, 0) is 23.9 Å². The van der Waals surface area contributed by atoms with Gasteiger partial charge in [0.1, 0.15) is 0 Å². The lowest BCUT2D eigenvalue weighted by Gasteiger charge is -2.02. The molecule has 0 aliphatic carbocycles. The lowest BCUT2D eigenvalue weighted by Crippen LogP contribution is -2.10. The molecule has 6 heteroatoms. The van der Waals surface area contributed by atoms with Gasteiger partial charge >= 0.3 is 17.9 Å². The Bertz CT molecular complexity index is 339. The number of methoxy groups -OCH3 is 2. The van der Waals surface area contributed by atoms with Gasteiger partial charge in [-0.3, -0.25) is 4.79 Å². The smallest absolute Gasteiger partial charge is 0.334 e. The van der Waals surface area contributed by atoms with Crippen molar-refractivity contribution in [3.8, 4) is 0 Å². The molecule has 0 fully saturated rings. The number of aliphatic carboxylic acids is 1. The summed E-state index contributed by atoms with van der Waals surface area (Å²) in [6.45, 7) is 0. The van der Waals surface area contributed by atoms with Crippen molar-refractivity contribution in [3.63, 3.8) is 0 Å². The van der Waals surface area contributed by atoms with Crippen molar-refractivity contribution >= 4 is 17.9 Å². The van der Waals surface area contributed by atoms with Gasteiger partial charge < -0.3 is 14.6 Å². The number of rotatable bonds is 5. The van der Waals surface area contributed by atoms with E-state index in [1.54, 1.807) is 0 Å². The Morgan fingerprint density at radius 1 is 1.19 bits per heavy atom. The quantitative estimate of drug-likeness (QED) is 0.413. The molecular formula is C10H12O6. The third-order valence-corrected chi connectivity index (χ3v) is 1.55. The van der Waals surface area contributed by atoms with Crippen LogP contribution >= 0.6 is 0 Å². The molecule has 0 radical (unpaired) electrons. The molecule has 0 atom stereocenters. The Morgan fingerprint density at radius 3 is 2.25 bits per heavy atom. The average molecular weight is 228 g/mol. The third kappa shape index (κ3) is 5.58. The van der Waals surface area contributed by atoms with Gasteiger partial charge in [-0.25, -0.2) is 9.59 Å². The normalized spacial score (nSPS) is 11.2. The highest BCUT2D eigenvalue weighted by Gasteiger charge is 2.13. The molecule has 0 rings (SSSR count). The molecule has 0 aromatic carbocycles. The van der Waals surface area contributed by atoms with Crippen molar-refractivity contribution in [1.82, 2.24) is 0 Å². The van der Waals surface area contributed by atoms with E-state index in [1.165, 1.54) is 13.2 Å². The molecule has 0 bridgehead atoms. The van der Waals surface area contributed by atoms with Crippen LogP contribution in [0.2, 0.25) is 0 Å². The fraction of sp³-hybridized carbons (Fsp3) is 0.300. The monoisotopic (exact) mass is 228 g/mol. The molecule has 0 aromatic rings. The van der Waals surface area contributed by atoms with Gasteiger partial charge in [-0.2, -0.15) is 0 Å². The van der Waals surface area contributed by atoms with Gasteiger partial charge in [0.05, 0.1) is 20.6 Å². The first kappa shape index (κ1) is 13.9. The van der Waals surface area contributed by atoms with E-state index in [2.05, 4.69) is 9.47 Å². The van der Waals surface area contributed by atoms with Crippen LogP contribution in [0.3, 0.4) is 0 Å². The van der Waals surface area contributed by atoms with Crippen LogP contribution in [0.15, 0.2) is 23.8 Å². The van der Waals surface area contributed by atoms with Crippen molar-refractivity contribution in [2.45, 2.75) is 6.42 Å². The maximum atomic E-state index is 11.2. The minimum atomic E-state index is -1.15. The summed E-state index contributed by atoms with van der Waals surface area (Å²) in [6.07, 6.45) is 2.89. The highest BCUT2D eigenvalue weighted by molar-refractivity contribution is 5.94. The van der Waals surface area contributed by atoms with Gasteiger partial charge in [-0.05, 0) is 0 Å². The topological polar surface area (TPSA) is 89.9 Å². The predicted molar refractivity (Wildman–Crippen MR) is 53.5 cm³/mol. The van der Waals surface area contributed by atoms with Crippen LogP contribution in [-0.4, -0.2) is 37.2 Å². The molecule has 0 unspecified atom stereocenters. The first-order valence-corrected chi connectivity index (χ1v) is 4.26. The van der Waals surface area contributed by atoms with Gasteiger partial charge in [0.25, 0.3) is 0 Å². The fourth-order valence-electron chi connectivity index (χ4n) is 0.804. The Morgan fingerprint density at radius 2 is 1.81 bits per heavy atom. The largest absolute Gasteiger partial charge is 0.478 e. The summed E-state index contributed by atoms with van der Waals surface area (Å²) < 4.78 is 8.79. The minimum Gasteiger partial charge on any atom is -0.478 e. The van der Waals surface area contributed by atoms with Gasteiger partial charge in [-0.15, -0.1) is 0 Å². The molecule has 0 aliphatic rings. The van der Waals surface area contributed by atoms with E-state index >= 15 is 0 Å². The van der Waals surface area contributed by atoms with Gasteiger partial charge in [0, 0.05) is 11.6 Å². The maximum Gasteiger partial charge on any atom is 0.334 e. The molecule has 0 spiro atoms. The summed E-state index contributed by atoms with van der Waals surface area (Å²) in [5.41, 5.74) is 0.0202. The summed E-state index contributed by atoms with van der Waals surface area (Å²) >= 11 is 0. The van der Waals surface area contributed by atoms with E-state index in [9.17, 15) is 14.4 Å². The van der Waals surface area contributed by atoms with Crippen molar-refractivity contribution in [1.29, 1.82) is 0 Å². The summed E-state index contributed by atoms with van der Waals surface area (Å²) in [5.74, 6) is -2.47. The Balaban J connectivity index is 4.73. The number of hydrogen-bond donors (Lipinski definition) is 1. The van der Waals surface area contributed by atoms with Gasteiger partial charge in [0.2, 0.25) is 0 Å². The van der Waals surface area contributed by atoms with E-state index < -0.39 is 17.9 Å². The molecule has 0 aromatic heterocycles. The highest BCUT2D eigenvalue weighted by Crippen LogP contribution is 2.05. The zero-order valence-electron chi connectivity index (χ0n) is 8.93. The lowest BCUT2D eigenvalue weighted by molar-refractivity contribution is -0.143.